The Morgan fingerprint density at radius 3 is 2.83 bits per heavy atom. The molecule has 2 rings (SSSR count). The number of rotatable bonds is 3. The quantitative estimate of drug-likeness (QED) is 0.862. The van der Waals surface area contributed by atoms with Gasteiger partial charge < -0.3 is 0 Å². The molecule has 1 aromatic heterocycles. The van der Waals surface area contributed by atoms with Gasteiger partial charge in [-0.15, -0.1) is 0 Å². The molecule has 18 heavy (non-hydrogen) atoms. The molecule has 0 aromatic carbocycles. The molecule has 1 aromatic rings. The smallest absolute Gasteiger partial charge is 0.153 e. The van der Waals surface area contributed by atoms with E-state index in [0.29, 0.717) is 19.3 Å². The molecule has 0 N–H and O–H groups in total. The molecule has 4 nitrogen and oxygen atoms in total. The Hall–Kier alpha value is -1.15. The van der Waals surface area contributed by atoms with Gasteiger partial charge in [0.05, 0.1) is 21.9 Å². The molecular weight excluding hydrogens is 294 g/mol. The van der Waals surface area contributed by atoms with E-state index in [9.17, 15) is 10.1 Å². The van der Waals surface area contributed by atoms with Gasteiger partial charge in [0.1, 0.15) is 5.41 Å². The fourth-order valence-corrected chi connectivity index (χ4v) is 3.02. The van der Waals surface area contributed by atoms with Crippen molar-refractivity contribution in [1.29, 1.82) is 5.26 Å². The number of hydrogen-bond donors (Lipinski definition) is 0. The summed E-state index contributed by atoms with van der Waals surface area (Å²) in [6.45, 7) is 4.69. The van der Waals surface area contributed by atoms with Crippen LogP contribution in [0.3, 0.4) is 0 Å². The van der Waals surface area contributed by atoms with Gasteiger partial charge in [0.2, 0.25) is 0 Å². The number of carbonyl (C=O) groups is 1. The standard InChI is InChI=1S/C13H16BrN3O/c1-3-17-10(12(14)9(2)16-17)7-13(8-15)6-4-5-11(13)18/h3-7H2,1-2H3. The first-order valence-corrected chi connectivity index (χ1v) is 6.99. The van der Waals surface area contributed by atoms with Crippen LogP contribution in [0.2, 0.25) is 0 Å². The number of halogens is 1. The SMILES string of the molecule is CCn1nc(C)c(Br)c1CC1(C#N)CCCC1=O. The maximum absolute atomic E-state index is 12.0. The number of aryl methyl sites for hydroxylation is 2. The summed E-state index contributed by atoms with van der Waals surface area (Å²) in [5, 5.41) is 13.8. The van der Waals surface area contributed by atoms with Crippen molar-refractivity contribution < 1.29 is 4.79 Å². The lowest BCUT2D eigenvalue weighted by Crippen LogP contribution is -2.28. The van der Waals surface area contributed by atoms with Gasteiger partial charge in [0.15, 0.2) is 5.78 Å². The van der Waals surface area contributed by atoms with E-state index >= 15 is 0 Å². The van der Waals surface area contributed by atoms with Crippen LogP contribution in [-0.2, 0) is 17.8 Å². The number of aromatic nitrogens is 2. The van der Waals surface area contributed by atoms with Crippen molar-refractivity contribution in [3.63, 3.8) is 0 Å². The van der Waals surface area contributed by atoms with E-state index in [4.69, 9.17) is 0 Å². The molecule has 1 aliphatic rings. The second kappa shape index (κ2) is 4.85. The predicted molar refractivity (Wildman–Crippen MR) is 70.9 cm³/mol. The van der Waals surface area contributed by atoms with Crippen LogP contribution in [0.4, 0.5) is 0 Å². The Kier molecular flexibility index (Phi) is 3.58. The Morgan fingerprint density at radius 2 is 2.33 bits per heavy atom. The summed E-state index contributed by atoms with van der Waals surface area (Å²) < 4.78 is 2.81. The highest BCUT2D eigenvalue weighted by molar-refractivity contribution is 9.10. The zero-order valence-corrected chi connectivity index (χ0v) is 12.2. The second-order valence-corrected chi connectivity index (χ2v) is 5.60. The number of Topliss-reactive ketones (excluding diaryl/α,β-unsaturated/α-hetero) is 1. The highest BCUT2D eigenvalue weighted by Crippen LogP contribution is 2.39. The molecule has 0 radical (unpaired) electrons. The number of carbonyl (C=O) groups excluding carboxylic acids is 1. The number of hydrogen-bond acceptors (Lipinski definition) is 3. The third-order valence-electron chi connectivity index (χ3n) is 3.68. The maximum atomic E-state index is 12.0. The van der Waals surface area contributed by atoms with Crippen molar-refractivity contribution in [2.45, 2.75) is 46.1 Å². The molecule has 1 saturated carbocycles. The molecule has 1 heterocycles. The Balaban J connectivity index is 2.40. The number of nitriles is 1. The average Bonchev–Trinajstić information content (AvgIpc) is 2.85. The van der Waals surface area contributed by atoms with Gasteiger partial charge in [0, 0.05) is 19.4 Å². The lowest BCUT2D eigenvalue weighted by atomic mass is 9.82. The summed E-state index contributed by atoms with van der Waals surface area (Å²) in [5.41, 5.74) is 1.04. The van der Waals surface area contributed by atoms with Crippen molar-refractivity contribution in [3.05, 3.63) is 15.9 Å². The number of nitrogens with zero attached hydrogens (tertiary/aromatic N) is 3. The molecule has 1 fully saturated rings. The van der Waals surface area contributed by atoms with Gasteiger partial charge in [-0.2, -0.15) is 10.4 Å². The number of ketones is 1. The fourth-order valence-electron chi connectivity index (χ4n) is 2.60. The van der Waals surface area contributed by atoms with Gasteiger partial charge in [-0.1, -0.05) is 0 Å². The highest BCUT2D eigenvalue weighted by atomic mass is 79.9. The van der Waals surface area contributed by atoms with Gasteiger partial charge in [-0.25, -0.2) is 0 Å². The molecular formula is C13H16BrN3O. The highest BCUT2D eigenvalue weighted by Gasteiger charge is 2.43. The van der Waals surface area contributed by atoms with Gasteiger partial charge in [-0.05, 0) is 42.6 Å². The van der Waals surface area contributed by atoms with Gasteiger partial charge in [0.25, 0.3) is 0 Å². The Bertz CT molecular complexity index is 529. The lowest BCUT2D eigenvalue weighted by Gasteiger charge is -2.19. The molecule has 1 aliphatic carbocycles. The molecule has 0 bridgehead atoms. The van der Waals surface area contributed by atoms with E-state index in [0.717, 1.165) is 28.8 Å². The summed E-state index contributed by atoms with van der Waals surface area (Å²) >= 11 is 3.52. The van der Waals surface area contributed by atoms with Crippen LogP contribution in [0.15, 0.2) is 4.47 Å². The van der Waals surface area contributed by atoms with Gasteiger partial charge in [-0.3, -0.25) is 9.48 Å². The summed E-state index contributed by atoms with van der Waals surface area (Å²) in [5.74, 6) is 0.0819. The van der Waals surface area contributed by atoms with Crippen molar-refractivity contribution in [2.24, 2.45) is 5.41 Å². The first-order valence-electron chi connectivity index (χ1n) is 6.20. The first kappa shape index (κ1) is 13.3. The van der Waals surface area contributed by atoms with Gasteiger partial charge >= 0.3 is 0 Å². The van der Waals surface area contributed by atoms with E-state index in [1.54, 1.807) is 0 Å². The van der Waals surface area contributed by atoms with Crippen LogP contribution in [0.5, 0.6) is 0 Å². The molecule has 1 unspecified atom stereocenters. The van der Waals surface area contributed by atoms with Crippen molar-refractivity contribution in [1.82, 2.24) is 9.78 Å². The molecule has 5 heteroatoms. The van der Waals surface area contributed by atoms with Crippen LogP contribution in [-0.4, -0.2) is 15.6 Å². The van der Waals surface area contributed by atoms with Crippen molar-refractivity contribution in [2.75, 3.05) is 0 Å². The van der Waals surface area contributed by atoms with E-state index in [1.807, 2.05) is 18.5 Å². The first-order chi connectivity index (χ1) is 8.54. The minimum Gasteiger partial charge on any atom is -0.298 e. The third kappa shape index (κ3) is 1.99. The average molecular weight is 310 g/mol. The third-order valence-corrected chi connectivity index (χ3v) is 4.71. The molecule has 0 amide bonds. The van der Waals surface area contributed by atoms with E-state index in [1.165, 1.54) is 0 Å². The Labute approximate surface area is 115 Å². The van der Waals surface area contributed by atoms with Crippen LogP contribution >= 0.6 is 15.9 Å². The second-order valence-electron chi connectivity index (χ2n) is 4.81. The summed E-state index contributed by atoms with van der Waals surface area (Å²) in [7, 11) is 0. The van der Waals surface area contributed by atoms with E-state index in [-0.39, 0.29) is 5.78 Å². The summed E-state index contributed by atoms with van der Waals surface area (Å²) in [4.78, 5) is 12.0. The van der Waals surface area contributed by atoms with Crippen molar-refractivity contribution >= 4 is 21.7 Å². The summed E-state index contributed by atoms with van der Waals surface area (Å²) in [6.07, 6.45) is 2.49. The maximum Gasteiger partial charge on any atom is 0.153 e. The normalized spacial score (nSPS) is 23.3. The minimum absolute atomic E-state index is 0.0819. The van der Waals surface area contributed by atoms with Crippen LogP contribution in [0.25, 0.3) is 0 Å². The van der Waals surface area contributed by atoms with Crippen molar-refractivity contribution in [3.8, 4) is 6.07 Å². The van der Waals surface area contributed by atoms with E-state index < -0.39 is 5.41 Å². The molecule has 0 aliphatic heterocycles. The molecule has 0 saturated heterocycles. The monoisotopic (exact) mass is 309 g/mol. The molecule has 0 spiro atoms. The topological polar surface area (TPSA) is 58.7 Å². The van der Waals surface area contributed by atoms with Crippen LogP contribution < -0.4 is 0 Å². The van der Waals surface area contributed by atoms with E-state index in [2.05, 4.69) is 27.1 Å². The summed E-state index contributed by atoms with van der Waals surface area (Å²) in [6, 6.07) is 2.25. The minimum atomic E-state index is -0.831. The van der Waals surface area contributed by atoms with Crippen LogP contribution in [0, 0.1) is 23.7 Å². The lowest BCUT2D eigenvalue weighted by molar-refractivity contribution is -0.123. The molecule has 1 atom stereocenters. The van der Waals surface area contributed by atoms with Crippen LogP contribution in [0.1, 0.15) is 37.6 Å². The Morgan fingerprint density at radius 1 is 1.61 bits per heavy atom. The predicted octanol–water partition coefficient (Wildman–Crippen LogP) is 2.78. The largest absolute Gasteiger partial charge is 0.298 e. The molecule has 96 valence electrons. The fraction of sp³-hybridized carbons (Fsp3) is 0.615. The zero-order valence-electron chi connectivity index (χ0n) is 10.7. The zero-order chi connectivity index (χ0) is 13.3.